The molecule has 122 valence electrons. The summed E-state index contributed by atoms with van der Waals surface area (Å²) in [6, 6.07) is 17.4. The molecule has 4 heteroatoms. The summed E-state index contributed by atoms with van der Waals surface area (Å²) in [7, 11) is 0. The number of rotatable bonds is 7. The molecule has 4 nitrogen and oxygen atoms in total. The third kappa shape index (κ3) is 5.02. The molecule has 0 atom stereocenters. The third-order valence-electron chi connectivity index (χ3n) is 3.36. The van der Waals surface area contributed by atoms with Gasteiger partial charge >= 0.3 is 0 Å². The van der Waals surface area contributed by atoms with Crippen LogP contribution in [0.25, 0.3) is 0 Å². The zero-order valence-electron chi connectivity index (χ0n) is 14.0. The van der Waals surface area contributed by atoms with Crippen molar-refractivity contribution in [2.75, 3.05) is 23.3 Å². The Labute approximate surface area is 138 Å². The molecule has 0 saturated carbocycles. The highest BCUT2D eigenvalue weighted by molar-refractivity contribution is 5.95. The van der Waals surface area contributed by atoms with Crippen molar-refractivity contribution in [3.8, 4) is 5.75 Å². The fourth-order valence-corrected chi connectivity index (χ4v) is 2.31. The van der Waals surface area contributed by atoms with Crippen LogP contribution >= 0.6 is 0 Å². The van der Waals surface area contributed by atoms with Crippen molar-refractivity contribution in [3.05, 3.63) is 54.6 Å². The molecular formula is C19H24N2O2. The number of likely N-dealkylation sites (N-methyl/N-ethyl adjacent to an activating group) is 1. The number of anilines is 2. The summed E-state index contributed by atoms with van der Waals surface area (Å²) >= 11 is 0. The zero-order chi connectivity index (χ0) is 16.7. The van der Waals surface area contributed by atoms with E-state index in [9.17, 15) is 4.79 Å². The Kier molecular flexibility index (Phi) is 6.03. The molecule has 0 radical (unpaired) electrons. The molecule has 0 bridgehead atoms. The highest BCUT2D eigenvalue weighted by atomic mass is 16.5. The lowest BCUT2D eigenvalue weighted by Gasteiger charge is -2.23. The number of hydrogen-bond acceptors (Lipinski definition) is 3. The van der Waals surface area contributed by atoms with E-state index >= 15 is 0 Å². The minimum absolute atomic E-state index is 0.0597. The summed E-state index contributed by atoms with van der Waals surface area (Å²) in [5.41, 5.74) is 1.74. The van der Waals surface area contributed by atoms with Gasteiger partial charge < -0.3 is 15.0 Å². The maximum atomic E-state index is 12.4. The molecule has 0 spiro atoms. The average molecular weight is 312 g/mol. The summed E-state index contributed by atoms with van der Waals surface area (Å²) in [4.78, 5) is 14.4. The van der Waals surface area contributed by atoms with Crippen LogP contribution < -0.4 is 15.0 Å². The summed E-state index contributed by atoms with van der Waals surface area (Å²) in [5, 5.41) is 2.94. The van der Waals surface area contributed by atoms with Gasteiger partial charge in [0, 0.05) is 12.2 Å². The highest BCUT2D eigenvalue weighted by Gasteiger charge is 2.12. The fraction of sp³-hybridized carbons (Fsp3) is 0.316. The minimum Gasteiger partial charge on any atom is -0.489 e. The SMILES string of the molecule is CCN(CC(=O)Nc1ccccc1OC(C)C)c1ccccc1. The standard InChI is InChI=1S/C19H24N2O2/c1-4-21(16-10-6-5-7-11-16)14-19(22)20-17-12-8-9-13-18(17)23-15(2)3/h5-13,15H,4,14H2,1-3H3,(H,20,22). The van der Waals surface area contributed by atoms with Crippen molar-refractivity contribution in [1.29, 1.82) is 0 Å². The van der Waals surface area contributed by atoms with Crippen LogP contribution in [0.15, 0.2) is 54.6 Å². The average Bonchev–Trinajstić information content (AvgIpc) is 2.55. The highest BCUT2D eigenvalue weighted by Crippen LogP contribution is 2.25. The van der Waals surface area contributed by atoms with Gasteiger partial charge in [-0.05, 0) is 45.0 Å². The van der Waals surface area contributed by atoms with E-state index < -0.39 is 0 Å². The molecule has 0 aromatic heterocycles. The van der Waals surface area contributed by atoms with Gasteiger partial charge in [0.15, 0.2) is 0 Å². The Morgan fingerprint density at radius 3 is 2.39 bits per heavy atom. The molecule has 2 aromatic rings. The van der Waals surface area contributed by atoms with Crippen LogP contribution in [0.2, 0.25) is 0 Å². The molecular weight excluding hydrogens is 288 g/mol. The number of para-hydroxylation sites is 3. The molecule has 0 aliphatic carbocycles. The quantitative estimate of drug-likeness (QED) is 0.842. The van der Waals surface area contributed by atoms with Crippen LogP contribution in [-0.4, -0.2) is 25.1 Å². The first-order valence-corrected chi connectivity index (χ1v) is 7.95. The Hall–Kier alpha value is -2.49. The maximum Gasteiger partial charge on any atom is 0.243 e. The van der Waals surface area contributed by atoms with Crippen molar-refractivity contribution >= 4 is 17.3 Å². The van der Waals surface area contributed by atoms with Crippen LogP contribution in [0.4, 0.5) is 11.4 Å². The molecule has 0 unspecified atom stereocenters. The zero-order valence-corrected chi connectivity index (χ0v) is 14.0. The first-order valence-electron chi connectivity index (χ1n) is 7.95. The molecule has 1 N–H and O–H groups in total. The second-order valence-corrected chi connectivity index (χ2v) is 5.56. The lowest BCUT2D eigenvalue weighted by molar-refractivity contribution is -0.115. The number of amides is 1. The summed E-state index contributed by atoms with van der Waals surface area (Å²) in [5.74, 6) is 0.633. The van der Waals surface area contributed by atoms with Gasteiger partial charge in [0.2, 0.25) is 5.91 Å². The molecule has 0 saturated heterocycles. The van der Waals surface area contributed by atoms with Gasteiger partial charge in [-0.3, -0.25) is 4.79 Å². The minimum atomic E-state index is -0.0597. The largest absolute Gasteiger partial charge is 0.489 e. The van der Waals surface area contributed by atoms with E-state index in [0.29, 0.717) is 18.0 Å². The summed E-state index contributed by atoms with van der Waals surface area (Å²) < 4.78 is 5.73. The van der Waals surface area contributed by atoms with E-state index in [1.807, 2.05) is 80.3 Å². The lowest BCUT2D eigenvalue weighted by Crippen LogP contribution is -2.33. The third-order valence-corrected chi connectivity index (χ3v) is 3.36. The Balaban J connectivity index is 2.04. The van der Waals surface area contributed by atoms with Crippen LogP contribution in [0.5, 0.6) is 5.75 Å². The van der Waals surface area contributed by atoms with Crippen LogP contribution in [0.1, 0.15) is 20.8 Å². The fourth-order valence-electron chi connectivity index (χ4n) is 2.31. The number of benzene rings is 2. The predicted octanol–water partition coefficient (Wildman–Crippen LogP) is 3.94. The number of hydrogen-bond donors (Lipinski definition) is 1. The molecule has 0 aliphatic heterocycles. The topological polar surface area (TPSA) is 41.6 Å². The number of carbonyl (C=O) groups is 1. The summed E-state index contributed by atoms with van der Waals surface area (Å²) in [6.45, 7) is 7.04. The predicted molar refractivity (Wildman–Crippen MR) is 95.2 cm³/mol. The maximum absolute atomic E-state index is 12.4. The Morgan fingerprint density at radius 1 is 1.09 bits per heavy atom. The normalized spacial score (nSPS) is 10.4. The van der Waals surface area contributed by atoms with E-state index in [0.717, 1.165) is 12.2 Å². The molecule has 1 amide bonds. The van der Waals surface area contributed by atoms with Gasteiger partial charge in [0.1, 0.15) is 5.75 Å². The van der Waals surface area contributed by atoms with Gasteiger partial charge in [-0.1, -0.05) is 30.3 Å². The van der Waals surface area contributed by atoms with Gasteiger partial charge in [-0.15, -0.1) is 0 Å². The van der Waals surface area contributed by atoms with E-state index in [4.69, 9.17) is 4.74 Å². The molecule has 23 heavy (non-hydrogen) atoms. The number of ether oxygens (including phenoxy) is 1. The second kappa shape index (κ2) is 8.22. The van der Waals surface area contributed by atoms with Gasteiger partial charge in [-0.2, -0.15) is 0 Å². The van der Waals surface area contributed by atoms with E-state index in [-0.39, 0.29) is 12.0 Å². The van der Waals surface area contributed by atoms with Crippen molar-refractivity contribution in [2.24, 2.45) is 0 Å². The first-order chi connectivity index (χ1) is 11.1. The van der Waals surface area contributed by atoms with Crippen LogP contribution in [0.3, 0.4) is 0 Å². The van der Waals surface area contributed by atoms with Crippen LogP contribution in [0, 0.1) is 0 Å². The molecule has 0 heterocycles. The monoisotopic (exact) mass is 312 g/mol. The Bertz CT molecular complexity index is 626. The lowest BCUT2D eigenvalue weighted by atomic mass is 10.2. The van der Waals surface area contributed by atoms with E-state index in [2.05, 4.69) is 5.32 Å². The molecule has 0 aliphatic rings. The number of nitrogens with one attached hydrogen (secondary N) is 1. The second-order valence-electron chi connectivity index (χ2n) is 5.56. The van der Waals surface area contributed by atoms with Crippen molar-refractivity contribution in [1.82, 2.24) is 0 Å². The molecule has 0 fully saturated rings. The summed E-state index contributed by atoms with van der Waals surface area (Å²) in [6.07, 6.45) is 0.0597. The van der Waals surface area contributed by atoms with Crippen LogP contribution in [-0.2, 0) is 4.79 Å². The van der Waals surface area contributed by atoms with Gasteiger partial charge in [0.05, 0.1) is 18.3 Å². The van der Waals surface area contributed by atoms with Gasteiger partial charge in [-0.25, -0.2) is 0 Å². The van der Waals surface area contributed by atoms with Crippen molar-refractivity contribution in [2.45, 2.75) is 26.9 Å². The number of nitrogens with zero attached hydrogens (tertiary/aromatic N) is 1. The van der Waals surface area contributed by atoms with Crippen molar-refractivity contribution in [3.63, 3.8) is 0 Å². The molecule has 2 aromatic carbocycles. The van der Waals surface area contributed by atoms with E-state index in [1.165, 1.54) is 0 Å². The number of carbonyl (C=O) groups excluding carboxylic acids is 1. The smallest absolute Gasteiger partial charge is 0.243 e. The van der Waals surface area contributed by atoms with Crippen molar-refractivity contribution < 1.29 is 9.53 Å². The molecule has 2 rings (SSSR count). The Morgan fingerprint density at radius 2 is 1.74 bits per heavy atom. The van der Waals surface area contributed by atoms with E-state index in [1.54, 1.807) is 0 Å². The first kappa shape index (κ1) is 16.9. The van der Waals surface area contributed by atoms with Gasteiger partial charge in [0.25, 0.3) is 0 Å².